The maximum Gasteiger partial charge on any atom is 0.136 e. The van der Waals surface area contributed by atoms with E-state index in [0.29, 0.717) is 0 Å². The Morgan fingerprint density at radius 3 is 1.39 bits per heavy atom. The number of methoxy groups -OCH3 is 1. The fourth-order valence-electron chi connectivity index (χ4n) is 6.94. The first-order chi connectivity index (χ1) is 25.2. The van der Waals surface area contributed by atoms with E-state index in [-0.39, 0.29) is 0 Å². The zero-order valence-corrected chi connectivity index (χ0v) is 28.1. The Bertz CT molecular complexity index is 2560. The highest BCUT2D eigenvalue weighted by atomic mass is 16.5. The average Bonchev–Trinajstić information content (AvgIpc) is 3.60. The van der Waals surface area contributed by atoms with Gasteiger partial charge in [-0.15, -0.1) is 0 Å². The molecule has 2 heterocycles. The molecule has 3 heteroatoms. The van der Waals surface area contributed by atoms with E-state index in [1.165, 1.54) is 22.3 Å². The standard InChI is InChI=1S/C48H33NO2/c1-50-41-27-28-46-43(31-41)48-42(13-8-14-47(48)51-46)37-25-23-35(24-26-37)33-17-15-32(16-18-33)34-19-21-36(22-20-34)40-29-44(38-9-4-2-5-10-38)49-45(30-40)39-11-6-3-7-12-39/h2-31H,1H3. The third-order valence-electron chi connectivity index (χ3n) is 9.63. The third-order valence-corrected chi connectivity index (χ3v) is 9.63. The number of rotatable bonds is 7. The fourth-order valence-corrected chi connectivity index (χ4v) is 6.94. The minimum atomic E-state index is 0.818. The van der Waals surface area contributed by atoms with Gasteiger partial charge in [-0.3, -0.25) is 0 Å². The van der Waals surface area contributed by atoms with Gasteiger partial charge in [-0.05, 0) is 80.9 Å². The molecule has 7 aromatic carbocycles. The summed E-state index contributed by atoms with van der Waals surface area (Å²) in [7, 11) is 1.69. The lowest BCUT2D eigenvalue weighted by Gasteiger charge is -2.11. The molecule has 0 N–H and O–H groups in total. The zero-order valence-electron chi connectivity index (χ0n) is 28.1. The summed E-state index contributed by atoms with van der Waals surface area (Å²) in [4.78, 5) is 5.04. The van der Waals surface area contributed by atoms with Crippen LogP contribution in [0, 0.1) is 0 Å². The SMILES string of the molecule is COc1ccc2oc3cccc(-c4ccc(-c5ccc(-c6ccc(-c7cc(-c8ccccc8)nc(-c8ccccc8)c7)cc6)cc5)cc4)c3c2c1. The Kier molecular flexibility index (Phi) is 7.71. The maximum absolute atomic E-state index is 6.17. The molecule has 0 radical (unpaired) electrons. The predicted molar refractivity (Wildman–Crippen MR) is 211 cm³/mol. The van der Waals surface area contributed by atoms with Crippen molar-refractivity contribution in [2.75, 3.05) is 7.11 Å². The average molecular weight is 656 g/mol. The second-order valence-corrected chi connectivity index (χ2v) is 12.7. The minimum absolute atomic E-state index is 0.818. The Hall–Kier alpha value is -6.71. The van der Waals surface area contributed by atoms with Gasteiger partial charge in [-0.25, -0.2) is 4.98 Å². The molecule has 2 aromatic heterocycles. The van der Waals surface area contributed by atoms with Crippen molar-refractivity contribution in [2.24, 2.45) is 0 Å². The molecule has 0 bridgehead atoms. The number of pyridine rings is 1. The lowest BCUT2D eigenvalue weighted by atomic mass is 9.95. The molecule has 0 atom stereocenters. The Balaban J connectivity index is 0.980. The molecule has 242 valence electrons. The van der Waals surface area contributed by atoms with Crippen molar-refractivity contribution < 1.29 is 9.15 Å². The number of benzene rings is 7. The van der Waals surface area contributed by atoms with Crippen LogP contribution >= 0.6 is 0 Å². The molecular formula is C48H33NO2. The second-order valence-electron chi connectivity index (χ2n) is 12.7. The molecule has 0 aliphatic heterocycles. The normalized spacial score (nSPS) is 11.2. The summed E-state index contributed by atoms with van der Waals surface area (Å²) >= 11 is 0. The highest BCUT2D eigenvalue weighted by molar-refractivity contribution is 6.12. The molecule has 0 amide bonds. The molecule has 0 saturated heterocycles. The van der Waals surface area contributed by atoms with E-state index in [2.05, 4.69) is 152 Å². The molecule has 0 spiro atoms. The van der Waals surface area contributed by atoms with Crippen molar-refractivity contribution in [3.05, 3.63) is 182 Å². The monoisotopic (exact) mass is 655 g/mol. The van der Waals surface area contributed by atoms with E-state index in [4.69, 9.17) is 14.1 Å². The summed E-state index contributed by atoms with van der Waals surface area (Å²) in [6.45, 7) is 0. The van der Waals surface area contributed by atoms with E-state index in [0.717, 1.165) is 72.5 Å². The first kappa shape index (κ1) is 30.4. The first-order valence-corrected chi connectivity index (χ1v) is 17.1. The van der Waals surface area contributed by atoms with Gasteiger partial charge in [0.05, 0.1) is 18.5 Å². The van der Waals surface area contributed by atoms with Crippen LogP contribution in [0.3, 0.4) is 0 Å². The van der Waals surface area contributed by atoms with Gasteiger partial charge in [-0.2, -0.15) is 0 Å². The van der Waals surface area contributed by atoms with Crippen LogP contribution in [0.15, 0.2) is 186 Å². The van der Waals surface area contributed by atoms with E-state index < -0.39 is 0 Å². The molecule has 0 saturated carbocycles. The van der Waals surface area contributed by atoms with Gasteiger partial charge < -0.3 is 9.15 Å². The van der Waals surface area contributed by atoms with Crippen LogP contribution in [0.5, 0.6) is 5.75 Å². The molecular weight excluding hydrogens is 623 g/mol. The number of ether oxygens (including phenoxy) is 1. The maximum atomic E-state index is 6.17. The van der Waals surface area contributed by atoms with Gasteiger partial charge >= 0.3 is 0 Å². The van der Waals surface area contributed by atoms with E-state index in [1.54, 1.807) is 7.11 Å². The van der Waals surface area contributed by atoms with Gasteiger partial charge in [0.25, 0.3) is 0 Å². The summed E-state index contributed by atoms with van der Waals surface area (Å²) in [5.41, 5.74) is 15.2. The van der Waals surface area contributed by atoms with Crippen molar-refractivity contribution >= 4 is 21.9 Å². The summed E-state index contributed by atoms with van der Waals surface area (Å²) in [6.07, 6.45) is 0. The van der Waals surface area contributed by atoms with Crippen LogP contribution in [0.25, 0.3) is 89.0 Å². The molecule has 51 heavy (non-hydrogen) atoms. The lowest BCUT2D eigenvalue weighted by molar-refractivity contribution is 0.415. The van der Waals surface area contributed by atoms with Crippen molar-refractivity contribution in [3.8, 4) is 72.8 Å². The number of aromatic nitrogens is 1. The number of furan rings is 1. The zero-order chi connectivity index (χ0) is 34.1. The molecule has 9 rings (SSSR count). The Morgan fingerprint density at radius 1 is 0.392 bits per heavy atom. The highest BCUT2D eigenvalue weighted by Crippen LogP contribution is 2.39. The largest absolute Gasteiger partial charge is 0.497 e. The summed E-state index contributed by atoms with van der Waals surface area (Å²) < 4.78 is 11.7. The Labute approximate surface area is 297 Å². The van der Waals surface area contributed by atoms with Gasteiger partial charge in [0.1, 0.15) is 16.9 Å². The smallest absolute Gasteiger partial charge is 0.136 e. The summed E-state index contributed by atoms with van der Waals surface area (Å²) in [5.74, 6) is 0.818. The highest BCUT2D eigenvalue weighted by Gasteiger charge is 2.14. The fraction of sp³-hybridized carbons (Fsp3) is 0.0208. The van der Waals surface area contributed by atoms with Gasteiger partial charge in [-0.1, -0.05) is 146 Å². The number of hydrogen-bond acceptors (Lipinski definition) is 3. The molecule has 0 fully saturated rings. The van der Waals surface area contributed by atoms with E-state index in [1.807, 2.05) is 30.3 Å². The quantitative estimate of drug-likeness (QED) is 0.171. The second kappa shape index (κ2) is 13.0. The van der Waals surface area contributed by atoms with E-state index >= 15 is 0 Å². The predicted octanol–water partition coefficient (Wildman–Crippen LogP) is 13.0. The first-order valence-electron chi connectivity index (χ1n) is 17.1. The van der Waals surface area contributed by atoms with Crippen LogP contribution < -0.4 is 4.74 Å². The minimum Gasteiger partial charge on any atom is -0.497 e. The topological polar surface area (TPSA) is 35.3 Å². The van der Waals surface area contributed by atoms with Crippen LogP contribution in [-0.4, -0.2) is 12.1 Å². The number of fused-ring (bicyclic) bond motifs is 3. The number of hydrogen-bond donors (Lipinski definition) is 0. The molecule has 0 unspecified atom stereocenters. The summed E-state index contributed by atoms with van der Waals surface area (Å²) in [6, 6.07) is 63.8. The van der Waals surface area contributed by atoms with Crippen LogP contribution in [0.4, 0.5) is 0 Å². The van der Waals surface area contributed by atoms with Gasteiger partial charge in [0.15, 0.2) is 0 Å². The van der Waals surface area contributed by atoms with Crippen molar-refractivity contribution in [2.45, 2.75) is 0 Å². The van der Waals surface area contributed by atoms with Crippen LogP contribution in [-0.2, 0) is 0 Å². The van der Waals surface area contributed by atoms with Crippen molar-refractivity contribution in [3.63, 3.8) is 0 Å². The Morgan fingerprint density at radius 2 is 0.882 bits per heavy atom. The van der Waals surface area contributed by atoms with Crippen LogP contribution in [0.2, 0.25) is 0 Å². The van der Waals surface area contributed by atoms with Crippen molar-refractivity contribution in [1.82, 2.24) is 4.98 Å². The molecule has 3 nitrogen and oxygen atoms in total. The summed E-state index contributed by atoms with van der Waals surface area (Å²) in [5, 5.41) is 2.16. The van der Waals surface area contributed by atoms with E-state index in [9.17, 15) is 0 Å². The molecule has 9 aromatic rings. The van der Waals surface area contributed by atoms with Gasteiger partial charge in [0.2, 0.25) is 0 Å². The van der Waals surface area contributed by atoms with Gasteiger partial charge in [0, 0.05) is 21.9 Å². The van der Waals surface area contributed by atoms with Crippen LogP contribution in [0.1, 0.15) is 0 Å². The van der Waals surface area contributed by atoms with Crippen molar-refractivity contribution in [1.29, 1.82) is 0 Å². The molecule has 0 aliphatic rings. The third kappa shape index (κ3) is 5.85. The number of nitrogens with zero attached hydrogens (tertiary/aromatic N) is 1. The lowest BCUT2D eigenvalue weighted by Crippen LogP contribution is -1.91. The molecule has 0 aliphatic carbocycles.